The number of rotatable bonds is 9. The van der Waals surface area contributed by atoms with E-state index in [9.17, 15) is 39.9 Å². The van der Waals surface area contributed by atoms with Gasteiger partial charge in [-0.2, -0.15) is 36.0 Å². The van der Waals surface area contributed by atoms with Gasteiger partial charge >= 0.3 is 24.7 Å². The molecule has 6 nitrogen and oxygen atoms in total. The number of nitriles is 1. The predicted molar refractivity (Wildman–Crippen MR) is 125 cm³/mol. The Bertz CT molecular complexity index is 1370. The number of amides is 2. The maximum absolute atomic E-state index is 14.7. The molecule has 2 N–H and O–H groups in total. The number of carbonyl (C=O) groups is 1. The average molecular weight is 593 g/mol. The van der Waals surface area contributed by atoms with E-state index in [0.717, 1.165) is 18.3 Å². The molecule has 40 heavy (non-hydrogen) atoms. The SMILES string of the molecule is N#CC(NC(=O)NC(Cc1ccccc1)(c1cc(F)cc(OC(F)(F)C(F)F)c1)c1ccc(Cl)cn1)C(F)(F)F. The van der Waals surface area contributed by atoms with Gasteiger partial charge in [0.05, 0.1) is 16.8 Å². The fourth-order valence-corrected chi connectivity index (χ4v) is 3.78. The van der Waals surface area contributed by atoms with Crippen molar-refractivity contribution in [1.29, 1.82) is 5.26 Å². The number of hydrogen-bond acceptors (Lipinski definition) is 4. The first kappa shape index (κ1) is 30.4. The van der Waals surface area contributed by atoms with Gasteiger partial charge in [0.15, 0.2) is 0 Å². The number of benzene rings is 2. The summed E-state index contributed by atoms with van der Waals surface area (Å²) in [5.74, 6) is -2.37. The number of aromatic nitrogens is 1. The molecule has 3 rings (SSSR count). The van der Waals surface area contributed by atoms with E-state index < -0.39 is 53.5 Å². The second-order valence-corrected chi connectivity index (χ2v) is 8.71. The zero-order valence-electron chi connectivity index (χ0n) is 19.8. The summed E-state index contributed by atoms with van der Waals surface area (Å²) in [6.45, 7) is 0. The number of halogens is 9. The van der Waals surface area contributed by atoms with Gasteiger partial charge in [-0.25, -0.2) is 9.18 Å². The molecule has 15 heteroatoms. The van der Waals surface area contributed by atoms with Crippen molar-refractivity contribution < 1.29 is 44.7 Å². The Morgan fingerprint density at radius 1 is 1.05 bits per heavy atom. The number of urea groups is 1. The molecule has 2 atom stereocenters. The highest BCUT2D eigenvalue weighted by atomic mass is 35.5. The van der Waals surface area contributed by atoms with Crippen LogP contribution in [0, 0.1) is 17.1 Å². The van der Waals surface area contributed by atoms with Gasteiger partial charge in [0.25, 0.3) is 0 Å². The lowest BCUT2D eigenvalue weighted by molar-refractivity contribution is -0.253. The van der Waals surface area contributed by atoms with Crippen molar-refractivity contribution in [2.75, 3.05) is 0 Å². The molecule has 2 amide bonds. The van der Waals surface area contributed by atoms with Crippen molar-refractivity contribution >= 4 is 17.6 Å². The van der Waals surface area contributed by atoms with Gasteiger partial charge < -0.3 is 15.4 Å². The minimum Gasteiger partial charge on any atom is -0.428 e. The Labute approximate surface area is 226 Å². The number of pyridine rings is 1. The zero-order chi connectivity index (χ0) is 29.7. The van der Waals surface area contributed by atoms with Crippen LogP contribution in [0.2, 0.25) is 5.02 Å². The molecule has 0 radical (unpaired) electrons. The largest absolute Gasteiger partial charge is 0.461 e. The summed E-state index contributed by atoms with van der Waals surface area (Å²) >= 11 is 5.91. The summed E-state index contributed by atoms with van der Waals surface area (Å²) in [6.07, 6.45) is -13.8. The molecule has 0 aliphatic rings. The minimum absolute atomic E-state index is 0.0864. The normalized spacial score (nSPS) is 14.1. The van der Waals surface area contributed by atoms with Gasteiger partial charge in [0.2, 0.25) is 6.04 Å². The van der Waals surface area contributed by atoms with E-state index in [1.807, 2.05) is 0 Å². The van der Waals surface area contributed by atoms with Gasteiger partial charge in [-0.1, -0.05) is 41.9 Å². The van der Waals surface area contributed by atoms with Crippen molar-refractivity contribution in [3.05, 3.63) is 94.5 Å². The molecule has 0 spiro atoms. The molecule has 2 aromatic carbocycles. The van der Waals surface area contributed by atoms with Gasteiger partial charge in [0, 0.05) is 18.7 Å². The van der Waals surface area contributed by atoms with E-state index in [-0.39, 0.29) is 17.1 Å². The number of nitrogens with zero attached hydrogens (tertiary/aromatic N) is 2. The number of ether oxygens (including phenoxy) is 1. The fourth-order valence-electron chi connectivity index (χ4n) is 3.67. The van der Waals surface area contributed by atoms with Crippen LogP contribution < -0.4 is 15.4 Å². The topological polar surface area (TPSA) is 87.0 Å². The molecule has 0 bridgehead atoms. The molecule has 3 aromatic rings. The molecule has 0 aliphatic heterocycles. The number of carbonyl (C=O) groups excluding carboxylic acids is 1. The van der Waals surface area contributed by atoms with Gasteiger partial charge in [-0.3, -0.25) is 4.98 Å². The molecule has 0 aliphatic carbocycles. The third-order valence-corrected chi connectivity index (χ3v) is 5.63. The molecule has 0 fully saturated rings. The smallest absolute Gasteiger partial charge is 0.428 e. The van der Waals surface area contributed by atoms with Crippen molar-refractivity contribution in [1.82, 2.24) is 15.6 Å². The van der Waals surface area contributed by atoms with Crippen LogP contribution in [-0.4, -0.2) is 35.8 Å². The highest BCUT2D eigenvalue weighted by Gasteiger charge is 2.46. The lowest BCUT2D eigenvalue weighted by atomic mass is 9.80. The Kier molecular flexibility index (Phi) is 9.09. The maximum atomic E-state index is 14.7. The van der Waals surface area contributed by atoms with Gasteiger partial charge in [0.1, 0.15) is 17.1 Å². The van der Waals surface area contributed by atoms with Crippen LogP contribution in [0.25, 0.3) is 0 Å². The Morgan fingerprint density at radius 2 is 1.73 bits per heavy atom. The van der Waals surface area contributed by atoms with Crippen LogP contribution >= 0.6 is 11.6 Å². The lowest BCUT2D eigenvalue weighted by Gasteiger charge is -2.36. The summed E-state index contributed by atoms with van der Waals surface area (Å²) in [5, 5.41) is 12.7. The molecule has 1 heterocycles. The predicted octanol–water partition coefficient (Wildman–Crippen LogP) is 6.35. The third kappa shape index (κ3) is 7.29. The first-order valence-corrected chi connectivity index (χ1v) is 11.4. The van der Waals surface area contributed by atoms with E-state index in [4.69, 9.17) is 16.9 Å². The second kappa shape index (κ2) is 12.0. The summed E-state index contributed by atoms with van der Waals surface area (Å²) in [4.78, 5) is 17.0. The van der Waals surface area contributed by atoms with Crippen molar-refractivity contribution in [3.63, 3.8) is 0 Å². The van der Waals surface area contributed by atoms with Crippen molar-refractivity contribution in [3.8, 4) is 11.8 Å². The molecule has 1 aromatic heterocycles. The molecular weight excluding hydrogens is 576 g/mol. The maximum Gasteiger partial charge on any atom is 0.461 e. The van der Waals surface area contributed by atoms with Crippen LogP contribution in [0.1, 0.15) is 16.8 Å². The summed E-state index contributed by atoms with van der Waals surface area (Å²) in [7, 11) is 0. The van der Waals surface area contributed by atoms with Crippen LogP contribution in [0.5, 0.6) is 5.75 Å². The fraction of sp³-hybridized carbons (Fsp3) is 0.240. The Morgan fingerprint density at radius 3 is 2.27 bits per heavy atom. The van der Waals surface area contributed by atoms with Crippen molar-refractivity contribution in [2.24, 2.45) is 0 Å². The Hall–Kier alpha value is -4.12. The standard InChI is InChI=1S/C25H17ClF8N4O2/c26-16-6-7-19(36-13-16)23(11-14-4-2-1-3-5-14,38-22(39)37-20(12-35)24(30,31)32)15-8-17(27)10-18(9-15)40-25(33,34)21(28)29/h1-10,13,20-21H,11H2,(H2,37,38,39). The number of hydrogen-bond donors (Lipinski definition) is 2. The second-order valence-electron chi connectivity index (χ2n) is 8.27. The molecule has 212 valence electrons. The molecule has 0 saturated heterocycles. The molecule has 2 unspecified atom stereocenters. The van der Waals surface area contributed by atoms with Crippen LogP contribution in [0.3, 0.4) is 0 Å². The minimum atomic E-state index is -5.17. The third-order valence-electron chi connectivity index (χ3n) is 5.41. The lowest BCUT2D eigenvalue weighted by Crippen LogP contribution is -2.56. The van der Waals surface area contributed by atoms with E-state index >= 15 is 0 Å². The summed E-state index contributed by atoms with van der Waals surface area (Å²) in [6, 6.07) is 8.43. The summed E-state index contributed by atoms with van der Waals surface area (Å²) < 4.78 is 111. The van der Waals surface area contributed by atoms with E-state index in [1.54, 1.807) is 18.2 Å². The first-order chi connectivity index (χ1) is 18.7. The first-order valence-electron chi connectivity index (χ1n) is 11.0. The molecular formula is C25H17ClF8N4O2. The van der Waals surface area contributed by atoms with E-state index in [1.165, 1.54) is 29.6 Å². The Balaban J connectivity index is 2.24. The van der Waals surface area contributed by atoms with E-state index in [0.29, 0.717) is 17.7 Å². The van der Waals surface area contributed by atoms with Crippen molar-refractivity contribution in [2.45, 2.75) is 36.7 Å². The summed E-state index contributed by atoms with van der Waals surface area (Å²) in [5.41, 5.74) is -2.37. The van der Waals surface area contributed by atoms with Crippen LogP contribution in [-0.2, 0) is 12.0 Å². The van der Waals surface area contributed by atoms with Crippen LogP contribution in [0.15, 0.2) is 66.9 Å². The molecule has 0 saturated carbocycles. The highest BCUT2D eigenvalue weighted by molar-refractivity contribution is 6.30. The van der Waals surface area contributed by atoms with Gasteiger partial charge in [-0.15, -0.1) is 0 Å². The highest BCUT2D eigenvalue weighted by Crippen LogP contribution is 2.37. The quantitative estimate of drug-likeness (QED) is 0.284. The average Bonchev–Trinajstić information content (AvgIpc) is 2.86. The van der Waals surface area contributed by atoms with E-state index in [2.05, 4.69) is 15.0 Å². The van der Waals surface area contributed by atoms with Gasteiger partial charge in [-0.05, 0) is 35.4 Å². The number of alkyl halides is 7. The monoisotopic (exact) mass is 592 g/mol. The number of nitrogens with one attached hydrogen (secondary N) is 2. The zero-order valence-corrected chi connectivity index (χ0v) is 20.6. The van der Waals surface area contributed by atoms with Crippen LogP contribution in [0.4, 0.5) is 39.9 Å².